The van der Waals surface area contributed by atoms with Gasteiger partial charge in [0.2, 0.25) is 0 Å². The monoisotopic (exact) mass is 546 g/mol. The van der Waals surface area contributed by atoms with Crippen molar-refractivity contribution in [1.29, 1.82) is 0 Å². The number of hydrogen-bond acceptors (Lipinski definition) is 6. The molecule has 3 aromatic rings. The Morgan fingerprint density at radius 1 is 0.333 bits per heavy atom. The third kappa shape index (κ3) is 5.46. The molecule has 0 unspecified atom stereocenters. The Balaban J connectivity index is 1.99. The van der Waals surface area contributed by atoms with Gasteiger partial charge in [0.1, 0.15) is 0 Å². The second-order valence-corrected chi connectivity index (χ2v) is 13.0. The number of hydrogen-bond donors (Lipinski definition) is 0. The largest absolute Gasteiger partial charge is 0.128 e. The van der Waals surface area contributed by atoms with Gasteiger partial charge in [-0.05, 0) is 127 Å². The highest BCUT2D eigenvalue weighted by molar-refractivity contribution is 8.02. The van der Waals surface area contributed by atoms with E-state index in [1.807, 2.05) is 70.6 Å². The van der Waals surface area contributed by atoms with Crippen LogP contribution in [0.1, 0.15) is 33.4 Å². The number of fused-ring (bicyclic) bond motifs is 3. The van der Waals surface area contributed by atoms with E-state index in [1.165, 1.54) is 62.8 Å². The number of benzene rings is 3. The molecule has 0 atom stereocenters. The van der Waals surface area contributed by atoms with E-state index in [2.05, 4.69) is 73.9 Å². The Morgan fingerprint density at radius 2 is 0.485 bits per heavy atom. The lowest BCUT2D eigenvalue weighted by molar-refractivity contribution is 1.03. The molecule has 0 bridgehead atoms. The highest BCUT2D eigenvalue weighted by Crippen LogP contribution is 2.40. The fourth-order valence-electron chi connectivity index (χ4n) is 4.49. The molecule has 0 aromatic heterocycles. The normalized spacial score (nSPS) is 12.9. The van der Waals surface area contributed by atoms with Gasteiger partial charge in [-0.3, -0.25) is 0 Å². The summed E-state index contributed by atoms with van der Waals surface area (Å²) in [5.74, 6) is 0. The maximum absolute atomic E-state index is 2.47. The van der Waals surface area contributed by atoms with Crippen LogP contribution >= 0.6 is 70.6 Å². The molecular weight excluding hydrogens is 517 g/mol. The van der Waals surface area contributed by atoms with Crippen LogP contribution in [0.25, 0.3) is 0 Å². The van der Waals surface area contributed by atoms with E-state index < -0.39 is 0 Å². The molecule has 33 heavy (non-hydrogen) atoms. The molecule has 3 aromatic carbocycles. The summed E-state index contributed by atoms with van der Waals surface area (Å²) in [6.45, 7) is 0. The zero-order chi connectivity index (χ0) is 23.5. The molecule has 0 nitrogen and oxygen atoms in total. The number of thioether (sulfide) groups is 6. The lowest BCUT2D eigenvalue weighted by atomic mass is 9.95. The van der Waals surface area contributed by atoms with Gasteiger partial charge in [-0.1, -0.05) is 0 Å². The molecule has 0 aliphatic heterocycles. The quantitative estimate of drug-likeness (QED) is 0.220. The SMILES string of the molecule is CSc1cc2c(cc1SC)Cc1cc(SC)c(SC)cc1Cc1cc(SC)c(SC)cc1C2. The highest BCUT2D eigenvalue weighted by Gasteiger charge is 2.20. The Hall–Kier alpha value is -0.240. The van der Waals surface area contributed by atoms with E-state index in [-0.39, 0.29) is 0 Å². The minimum absolute atomic E-state index is 1.01. The van der Waals surface area contributed by atoms with Crippen molar-refractivity contribution in [1.82, 2.24) is 0 Å². The summed E-state index contributed by atoms with van der Waals surface area (Å²) in [6.07, 6.45) is 16.2. The van der Waals surface area contributed by atoms with Crippen LogP contribution in [0.3, 0.4) is 0 Å². The van der Waals surface area contributed by atoms with Gasteiger partial charge in [0.15, 0.2) is 0 Å². The minimum Gasteiger partial charge on any atom is -0.128 e. The van der Waals surface area contributed by atoms with Crippen LogP contribution < -0.4 is 0 Å². The van der Waals surface area contributed by atoms with Crippen molar-refractivity contribution < 1.29 is 0 Å². The molecule has 1 aliphatic rings. The van der Waals surface area contributed by atoms with Gasteiger partial charge >= 0.3 is 0 Å². The van der Waals surface area contributed by atoms with E-state index >= 15 is 0 Å². The summed E-state index contributed by atoms with van der Waals surface area (Å²) in [5, 5.41) is 0. The molecule has 0 radical (unpaired) electrons. The average Bonchev–Trinajstić information content (AvgIpc) is 2.90. The van der Waals surface area contributed by atoms with Crippen LogP contribution in [0.5, 0.6) is 0 Å². The summed E-state index contributed by atoms with van der Waals surface area (Å²) in [6, 6.07) is 14.8. The molecule has 0 amide bonds. The fourth-order valence-corrected chi connectivity index (χ4v) is 9.11. The Bertz CT molecular complexity index is 935. The third-order valence-electron chi connectivity index (χ3n) is 6.26. The van der Waals surface area contributed by atoms with E-state index in [9.17, 15) is 0 Å². The molecule has 0 saturated carbocycles. The molecule has 0 heterocycles. The maximum atomic E-state index is 2.47. The molecule has 174 valence electrons. The summed E-state index contributed by atoms with van der Waals surface area (Å²) in [4.78, 5) is 8.39. The number of rotatable bonds is 6. The molecule has 6 heteroatoms. The molecular formula is C27H30S6. The van der Waals surface area contributed by atoms with Crippen molar-refractivity contribution in [2.75, 3.05) is 37.5 Å². The van der Waals surface area contributed by atoms with Crippen molar-refractivity contribution in [2.45, 2.75) is 48.6 Å². The van der Waals surface area contributed by atoms with Crippen molar-refractivity contribution in [3.05, 3.63) is 69.8 Å². The molecule has 0 saturated heterocycles. The summed E-state index contributed by atoms with van der Waals surface area (Å²) >= 11 is 11.2. The maximum Gasteiger partial charge on any atom is 0.0208 e. The van der Waals surface area contributed by atoms with Gasteiger partial charge < -0.3 is 0 Å². The fraction of sp³-hybridized carbons (Fsp3) is 0.333. The summed E-state index contributed by atoms with van der Waals surface area (Å²) in [7, 11) is 0. The van der Waals surface area contributed by atoms with Crippen LogP contribution in [0.4, 0.5) is 0 Å². The Morgan fingerprint density at radius 3 is 0.606 bits per heavy atom. The molecule has 0 spiro atoms. The lowest BCUT2D eigenvalue weighted by Crippen LogP contribution is -2.00. The van der Waals surface area contributed by atoms with Crippen molar-refractivity contribution in [3.63, 3.8) is 0 Å². The molecule has 0 fully saturated rings. The first-order chi connectivity index (χ1) is 16.0. The van der Waals surface area contributed by atoms with Gasteiger partial charge in [0.05, 0.1) is 0 Å². The topological polar surface area (TPSA) is 0 Å². The Labute approximate surface area is 225 Å². The summed E-state index contributed by atoms with van der Waals surface area (Å²) < 4.78 is 0. The van der Waals surface area contributed by atoms with Crippen molar-refractivity contribution in [2.24, 2.45) is 0 Å². The third-order valence-corrected chi connectivity index (χ3v) is 11.3. The molecule has 4 rings (SSSR count). The first kappa shape index (κ1) is 25.8. The lowest BCUT2D eigenvalue weighted by Gasteiger charge is -2.16. The zero-order valence-corrected chi connectivity index (χ0v) is 24.9. The van der Waals surface area contributed by atoms with Gasteiger partial charge in [-0.2, -0.15) is 0 Å². The van der Waals surface area contributed by atoms with Crippen LogP contribution in [0.2, 0.25) is 0 Å². The van der Waals surface area contributed by atoms with Gasteiger partial charge in [0, 0.05) is 29.4 Å². The highest BCUT2D eigenvalue weighted by atomic mass is 32.2. The van der Waals surface area contributed by atoms with Gasteiger partial charge in [0.25, 0.3) is 0 Å². The predicted octanol–water partition coefficient (Wildman–Crippen LogP) is 9.10. The second-order valence-electron chi connectivity index (χ2n) is 7.96. The first-order valence-corrected chi connectivity index (χ1v) is 18.1. The molecule has 1 aliphatic carbocycles. The standard InChI is InChI=1S/C27H30S6/c1-28-22-10-16-7-18-12-24(30-3)26(32-5)14-20(18)9-21-15-27(33-6)25(31-4)13-19(21)8-17(16)11-23(22)29-2/h10-15H,7-9H2,1-6H3. The van der Waals surface area contributed by atoms with Crippen LogP contribution in [-0.2, 0) is 19.3 Å². The van der Waals surface area contributed by atoms with Gasteiger partial charge in [-0.25, -0.2) is 0 Å². The van der Waals surface area contributed by atoms with E-state index in [1.54, 1.807) is 0 Å². The van der Waals surface area contributed by atoms with Crippen molar-refractivity contribution >= 4 is 70.6 Å². The average molecular weight is 547 g/mol. The van der Waals surface area contributed by atoms with Crippen LogP contribution in [0.15, 0.2) is 65.8 Å². The second kappa shape index (κ2) is 11.7. The van der Waals surface area contributed by atoms with Crippen LogP contribution in [0, 0.1) is 0 Å². The van der Waals surface area contributed by atoms with Crippen molar-refractivity contribution in [3.8, 4) is 0 Å². The van der Waals surface area contributed by atoms with E-state index in [0.717, 1.165) is 19.3 Å². The van der Waals surface area contributed by atoms with Crippen LogP contribution in [-0.4, -0.2) is 37.5 Å². The van der Waals surface area contributed by atoms with E-state index in [0.29, 0.717) is 0 Å². The minimum atomic E-state index is 1.01. The van der Waals surface area contributed by atoms with E-state index in [4.69, 9.17) is 0 Å². The first-order valence-electron chi connectivity index (χ1n) is 10.8. The predicted molar refractivity (Wildman–Crippen MR) is 158 cm³/mol. The Kier molecular flexibility index (Phi) is 9.13. The zero-order valence-electron chi connectivity index (χ0n) is 20.0. The van der Waals surface area contributed by atoms with Gasteiger partial charge in [-0.15, -0.1) is 70.6 Å². The smallest absolute Gasteiger partial charge is 0.0208 e. The molecule has 0 N–H and O–H groups in total. The summed E-state index contributed by atoms with van der Waals surface area (Å²) in [5.41, 5.74) is 8.89.